The lowest BCUT2D eigenvalue weighted by molar-refractivity contribution is -0.129. The van der Waals surface area contributed by atoms with Gasteiger partial charge in [0.15, 0.2) is 0 Å². The van der Waals surface area contributed by atoms with Gasteiger partial charge in [-0.05, 0) is 56.2 Å². The minimum absolute atomic E-state index is 0.134. The second-order valence-corrected chi connectivity index (χ2v) is 6.95. The molecular formula is C22H25N3O4. The molecule has 3 rings (SSSR count). The molecule has 0 saturated carbocycles. The predicted molar refractivity (Wildman–Crippen MR) is 110 cm³/mol. The van der Waals surface area contributed by atoms with Crippen molar-refractivity contribution >= 4 is 23.4 Å². The van der Waals surface area contributed by atoms with Crippen LogP contribution in [0, 0.1) is 6.92 Å². The van der Waals surface area contributed by atoms with E-state index in [0.29, 0.717) is 36.5 Å². The van der Waals surface area contributed by atoms with Crippen molar-refractivity contribution in [1.29, 1.82) is 0 Å². The fourth-order valence-electron chi connectivity index (χ4n) is 3.06. The summed E-state index contributed by atoms with van der Waals surface area (Å²) in [5.74, 6) is -0.578. The molecule has 1 aliphatic rings. The first-order valence-electron chi connectivity index (χ1n) is 9.68. The van der Waals surface area contributed by atoms with Crippen molar-refractivity contribution < 1.29 is 19.1 Å². The molecule has 29 heavy (non-hydrogen) atoms. The van der Waals surface area contributed by atoms with E-state index in [1.165, 1.54) is 0 Å². The molecule has 7 heteroatoms. The fourth-order valence-corrected chi connectivity index (χ4v) is 3.06. The van der Waals surface area contributed by atoms with Gasteiger partial charge in [-0.2, -0.15) is 0 Å². The lowest BCUT2D eigenvalue weighted by Gasteiger charge is -2.11. The fraction of sp³-hybridized carbons (Fsp3) is 0.318. The van der Waals surface area contributed by atoms with Crippen molar-refractivity contribution in [1.82, 2.24) is 10.6 Å². The zero-order chi connectivity index (χ0) is 20.6. The van der Waals surface area contributed by atoms with Crippen LogP contribution in [-0.4, -0.2) is 43.5 Å². The highest BCUT2D eigenvalue weighted by Gasteiger charge is 2.22. The quantitative estimate of drug-likeness (QED) is 0.627. The van der Waals surface area contributed by atoms with Crippen LogP contribution in [0.1, 0.15) is 39.1 Å². The Morgan fingerprint density at radius 3 is 2.41 bits per heavy atom. The van der Waals surface area contributed by atoms with E-state index in [1.54, 1.807) is 30.3 Å². The monoisotopic (exact) mass is 395 g/mol. The van der Waals surface area contributed by atoms with E-state index in [4.69, 9.17) is 4.74 Å². The molecule has 1 unspecified atom stereocenters. The Labute approximate surface area is 169 Å². The average Bonchev–Trinajstić information content (AvgIpc) is 3.26. The number of anilines is 1. The van der Waals surface area contributed by atoms with Gasteiger partial charge in [0.2, 0.25) is 5.91 Å². The highest BCUT2D eigenvalue weighted by Crippen LogP contribution is 2.13. The summed E-state index contributed by atoms with van der Waals surface area (Å²) in [5, 5.41) is 8.32. The van der Waals surface area contributed by atoms with Crippen molar-refractivity contribution in [3.63, 3.8) is 0 Å². The molecular weight excluding hydrogens is 370 g/mol. The van der Waals surface area contributed by atoms with Gasteiger partial charge in [0.25, 0.3) is 11.8 Å². The molecule has 0 bridgehead atoms. The molecule has 1 fully saturated rings. The van der Waals surface area contributed by atoms with Crippen LogP contribution in [-0.2, 0) is 9.53 Å². The molecule has 1 atom stereocenters. The summed E-state index contributed by atoms with van der Waals surface area (Å²) in [7, 11) is 0. The maximum absolute atomic E-state index is 12.3. The van der Waals surface area contributed by atoms with Gasteiger partial charge < -0.3 is 20.7 Å². The lowest BCUT2D eigenvalue weighted by atomic mass is 10.1. The Morgan fingerprint density at radius 2 is 1.72 bits per heavy atom. The van der Waals surface area contributed by atoms with E-state index in [9.17, 15) is 14.4 Å². The predicted octanol–water partition coefficient (Wildman–Crippen LogP) is 2.27. The molecule has 2 aromatic carbocycles. The Bertz CT molecular complexity index is 874. The Hall–Kier alpha value is -3.19. The lowest BCUT2D eigenvalue weighted by Crippen LogP contribution is -2.39. The minimum atomic E-state index is -0.367. The molecule has 0 spiro atoms. The van der Waals surface area contributed by atoms with Crippen LogP contribution in [0.2, 0.25) is 0 Å². The number of amides is 3. The van der Waals surface area contributed by atoms with Gasteiger partial charge in [0, 0.05) is 36.5 Å². The summed E-state index contributed by atoms with van der Waals surface area (Å²) in [5.41, 5.74) is 2.68. The van der Waals surface area contributed by atoms with E-state index in [0.717, 1.165) is 18.4 Å². The highest BCUT2D eigenvalue weighted by atomic mass is 16.5. The third kappa shape index (κ3) is 5.89. The van der Waals surface area contributed by atoms with Gasteiger partial charge in [0.05, 0.1) is 0 Å². The Balaban J connectivity index is 1.43. The molecule has 2 aromatic rings. The highest BCUT2D eigenvalue weighted by molar-refractivity contribution is 6.04. The number of nitrogens with one attached hydrogen (secondary N) is 3. The zero-order valence-corrected chi connectivity index (χ0v) is 16.4. The number of rotatable bonds is 7. The molecule has 7 nitrogen and oxygen atoms in total. The molecule has 1 heterocycles. The zero-order valence-electron chi connectivity index (χ0n) is 16.4. The molecule has 0 aliphatic carbocycles. The minimum Gasteiger partial charge on any atom is -0.368 e. The first-order valence-corrected chi connectivity index (χ1v) is 9.68. The van der Waals surface area contributed by atoms with E-state index in [2.05, 4.69) is 16.0 Å². The van der Waals surface area contributed by atoms with E-state index >= 15 is 0 Å². The average molecular weight is 395 g/mol. The first kappa shape index (κ1) is 20.5. The molecule has 1 aliphatic heterocycles. The van der Waals surface area contributed by atoms with Gasteiger partial charge in [-0.25, -0.2) is 0 Å². The van der Waals surface area contributed by atoms with Crippen LogP contribution in [0.4, 0.5) is 5.69 Å². The van der Waals surface area contributed by atoms with Gasteiger partial charge in [-0.1, -0.05) is 17.7 Å². The first-order chi connectivity index (χ1) is 14.0. The summed E-state index contributed by atoms with van der Waals surface area (Å²) < 4.78 is 5.31. The van der Waals surface area contributed by atoms with Gasteiger partial charge in [-0.3, -0.25) is 14.4 Å². The second-order valence-electron chi connectivity index (χ2n) is 6.95. The van der Waals surface area contributed by atoms with Crippen LogP contribution in [0.15, 0.2) is 48.5 Å². The van der Waals surface area contributed by atoms with Crippen LogP contribution in [0.5, 0.6) is 0 Å². The Kier molecular flexibility index (Phi) is 6.97. The van der Waals surface area contributed by atoms with Crippen LogP contribution in [0.25, 0.3) is 0 Å². The third-order valence-corrected chi connectivity index (χ3v) is 4.62. The van der Waals surface area contributed by atoms with Gasteiger partial charge >= 0.3 is 0 Å². The number of ether oxygens (including phenoxy) is 1. The second kappa shape index (κ2) is 9.84. The largest absolute Gasteiger partial charge is 0.368 e. The number of carbonyl (C=O) groups is 3. The molecule has 3 amide bonds. The smallest absolute Gasteiger partial charge is 0.255 e. The van der Waals surface area contributed by atoms with Crippen molar-refractivity contribution in [2.75, 3.05) is 25.0 Å². The summed E-state index contributed by atoms with van der Waals surface area (Å²) in [6, 6.07) is 14.0. The topological polar surface area (TPSA) is 96.5 Å². The molecule has 0 radical (unpaired) electrons. The van der Waals surface area contributed by atoms with E-state index < -0.39 is 0 Å². The number of aryl methyl sites for hydroxylation is 1. The summed E-state index contributed by atoms with van der Waals surface area (Å²) in [6.07, 6.45) is 1.27. The molecule has 0 aromatic heterocycles. The van der Waals surface area contributed by atoms with Crippen LogP contribution < -0.4 is 16.0 Å². The summed E-state index contributed by atoms with van der Waals surface area (Å²) >= 11 is 0. The van der Waals surface area contributed by atoms with Crippen LogP contribution >= 0.6 is 0 Å². The number of carbonyl (C=O) groups excluding carboxylic acids is 3. The maximum atomic E-state index is 12.3. The summed E-state index contributed by atoms with van der Waals surface area (Å²) in [4.78, 5) is 36.3. The Morgan fingerprint density at radius 1 is 0.966 bits per heavy atom. The normalized spacial score (nSPS) is 15.6. The van der Waals surface area contributed by atoms with Gasteiger partial charge in [0.1, 0.15) is 6.10 Å². The number of hydrogen-bond acceptors (Lipinski definition) is 4. The standard InChI is InChI=1S/C22H25N3O4/c1-15-4-2-5-17(14-15)21(27)25-18-9-7-16(8-10-18)20(26)23-11-12-24-22(28)19-6-3-13-29-19/h2,4-5,7-10,14,19H,3,6,11-13H2,1H3,(H,23,26)(H,24,28)(H,25,27). The molecule has 3 N–H and O–H groups in total. The van der Waals surface area contributed by atoms with E-state index in [1.807, 2.05) is 25.1 Å². The van der Waals surface area contributed by atoms with Gasteiger partial charge in [-0.15, -0.1) is 0 Å². The van der Waals surface area contributed by atoms with Crippen molar-refractivity contribution in [2.24, 2.45) is 0 Å². The summed E-state index contributed by atoms with van der Waals surface area (Å²) in [6.45, 7) is 3.21. The van der Waals surface area contributed by atoms with Crippen LogP contribution in [0.3, 0.4) is 0 Å². The maximum Gasteiger partial charge on any atom is 0.255 e. The molecule has 1 saturated heterocycles. The van der Waals surface area contributed by atoms with Crippen molar-refractivity contribution in [2.45, 2.75) is 25.9 Å². The number of benzene rings is 2. The SMILES string of the molecule is Cc1cccc(C(=O)Nc2ccc(C(=O)NCCNC(=O)C3CCCO3)cc2)c1. The van der Waals surface area contributed by atoms with Crippen molar-refractivity contribution in [3.05, 3.63) is 65.2 Å². The van der Waals surface area contributed by atoms with Crippen molar-refractivity contribution in [3.8, 4) is 0 Å². The molecule has 152 valence electrons. The number of hydrogen-bond donors (Lipinski definition) is 3. The van der Waals surface area contributed by atoms with E-state index in [-0.39, 0.29) is 23.8 Å². The third-order valence-electron chi connectivity index (χ3n) is 4.62.